The number of carboxylic acids is 1. The minimum Gasteiger partial charge on any atom is -0.477 e. The molecule has 1 aromatic rings. The molecule has 1 atom stereocenters. The average molecular weight is 305 g/mol. The van der Waals surface area contributed by atoms with Crippen LogP contribution in [0.15, 0.2) is 11.4 Å². The van der Waals surface area contributed by atoms with Gasteiger partial charge in [-0.25, -0.2) is 17.9 Å². The van der Waals surface area contributed by atoms with Crippen molar-refractivity contribution in [3.8, 4) is 0 Å². The maximum atomic E-state index is 11.8. The zero-order valence-electron chi connectivity index (χ0n) is 10.2. The first-order chi connectivity index (χ1) is 8.96. The van der Waals surface area contributed by atoms with Gasteiger partial charge in [-0.2, -0.15) is 0 Å². The molecule has 19 heavy (non-hydrogen) atoms. The van der Waals surface area contributed by atoms with Gasteiger partial charge in [-0.3, -0.25) is 0 Å². The molecule has 0 bridgehead atoms. The van der Waals surface area contributed by atoms with Crippen LogP contribution in [0.3, 0.4) is 0 Å². The highest BCUT2D eigenvalue weighted by molar-refractivity contribution is 7.89. The number of carboxylic acid groups (broad SMARTS) is 1. The van der Waals surface area contributed by atoms with E-state index in [2.05, 4.69) is 4.72 Å². The quantitative estimate of drug-likeness (QED) is 0.814. The highest BCUT2D eigenvalue weighted by Gasteiger charge is 2.23. The average Bonchev–Trinajstić information content (AvgIpc) is 2.96. The summed E-state index contributed by atoms with van der Waals surface area (Å²) in [6.45, 7) is 1.23. The SMILES string of the molecule is O=C(O)c1cc(CNS(=O)(=O)CC2CCOC2)cs1. The van der Waals surface area contributed by atoms with Crippen molar-refractivity contribution in [2.45, 2.75) is 13.0 Å². The third-order valence-electron chi connectivity index (χ3n) is 2.84. The highest BCUT2D eigenvalue weighted by atomic mass is 32.2. The highest BCUT2D eigenvalue weighted by Crippen LogP contribution is 2.16. The van der Waals surface area contributed by atoms with Crippen LogP contribution in [0.1, 0.15) is 21.7 Å². The van der Waals surface area contributed by atoms with Crippen LogP contribution < -0.4 is 4.72 Å². The zero-order chi connectivity index (χ0) is 13.9. The Hall–Kier alpha value is -0.960. The topological polar surface area (TPSA) is 92.7 Å². The number of thiophene rings is 1. The second kappa shape index (κ2) is 6.00. The third-order valence-corrected chi connectivity index (χ3v) is 5.30. The molecule has 0 aromatic carbocycles. The minimum atomic E-state index is -3.35. The summed E-state index contributed by atoms with van der Waals surface area (Å²) in [7, 11) is -3.35. The third kappa shape index (κ3) is 4.27. The molecule has 106 valence electrons. The molecule has 1 saturated heterocycles. The van der Waals surface area contributed by atoms with Gasteiger partial charge >= 0.3 is 5.97 Å². The molecule has 1 aromatic heterocycles. The minimum absolute atomic E-state index is 0.0505. The second-order valence-electron chi connectivity index (χ2n) is 4.46. The van der Waals surface area contributed by atoms with Crippen LogP contribution in [0.5, 0.6) is 0 Å². The van der Waals surface area contributed by atoms with Gasteiger partial charge in [0.25, 0.3) is 0 Å². The van der Waals surface area contributed by atoms with Crippen molar-refractivity contribution >= 4 is 27.3 Å². The Balaban J connectivity index is 1.87. The van der Waals surface area contributed by atoms with E-state index < -0.39 is 16.0 Å². The Bertz CT molecular complexity index is 545. The number of sulfonamides is 1. The molecule has 6 nitrogen and oxygen atoms in total. The normalized spacial score (nSPS) is 19.7. The largest absolute Gasteiger partial charge is 0.477 e. The number of aromatic carboxylic acids is 1. The summed E-state index contributed by atoms with van der Waals surface area (Å²) in [5.41, 5.74) is 0.661. The van der Waals surface area contributed by atoms with Crippen molar-refractivity contribution in [3.05, 3.63) is 21.9 Å². The van der Waals surface area contributed by atoms with Crippen molar-refractivity contribution in [2.75, 3.05) is 19.0 Å². The van der Waals surface area contributed by atoms with E-state index in [1.54, 1.807) is 5.38 Å². The van der Waals surface area contributed by atoms with Gasteiger partial charge in [0, 0.05) is 13.2 Å². The molecule has 2 heterocycles. The van der Waals surface area contributed by atoms with Crippen molar-refractivity contribution in [1.82, 2.24) is 4.72 Å². The van der Waals surface area contributed by atoms with E-state index in [0.717, 1.165) is 17.8 Å². The van der Waals surface area contributed by atoms with Gasteiger partial charge in [-0.05, 0) is 29.3 Å². The lowest BCUT2D eigenvalue weighted by Gasteiger charge is -2.09. The summed E-state index contributed by atoms with van der Waals surface area (Å²) in [5.74, 6) is -0.889. The van der Waals surface area contributed by atoms with E-state index >= 15 is 0 Å². The molecule has 1 aliphatic heterocycles. The number of ether oxygens (including phenoxy) is 1. The number of hydrogen-bond donors (Lipinski definition) is 2. The fourth-order valence-corrected chi connectivity index (χ4v) is 4.00. The maximum absolute atomic E-state index is 11.8. The van der Waals surface area contributed by atoms with Crippen LogP contribution >= 0.6 is 11.3 Å². The first kappa shape index (κ1) is 14.4. The van der Waals surface area contributed by atoms with E-state index in [-0.39, 0.29) is 23.1 Å². The fourth-order valence-electron chi connectivity index (χ4n) is 1.86. The summed E-state index contributed by atoms with van der Waals surface area (Å²) in [4.78, 5) is 10.9. The van der Waals surface area contributed by atoms with E-state index in [4.69, 9.17) is 9.84 Å². The summed E-state index contributed by atoms with van der Waals surface area (Å²) in [6.07, 6.45) is 0.766. The van der Waals surface area contributed by atoms with Gasteiger partial charge in [0.2, 0.25) is 10.0 Å². The Morgan fingerprint density at radius 1 is 1.58 bits per heavy atom. The van der Waals surface area contributed by atoms with Crippen LogP contribution in [0.4, 0.5) is 0 Å². The molecule has 0 radical (unpaired) electrons. The van der Waals surface area contributed by atoms with E-state index in [1.807, 2.05) is 0 Å². The van der Waals surface area contributed by atoms with Crippen molar-refractivity contribution in [1.29, 1.82) is 0 Å². The Morgan fingerprint density at radius 3 is 2.95 bits per heavy atom. The monoisotopic (exact) mass is 305 g/mol. The molecule has 8 heteroatoms. The van der Waals surface area contributed by atoms with Gasteiger partial charge < -0.3 is 9.84 Å². The molecular weight excluding hydrogens is 290 g/mol. The van der Waals surface area contributed by atoms with Gasteiger partial charge in [0.05, 0.1) is 12.4 Å². The molecule has 2 rings (SSSR count). The van der Waals surface area contributed by atoms with Crippen molar-refractivity contribution in [2.24, 2.45) is 5.92 Å². The van der Waals surface area contributed by atoms with E-state index in [0.29, 0.717) is 18.8 Å². The fraction of sp³-hybridized carbons (Fsp3) is 0.545. The predicted molar refractivity (Wildman–Crippen MR) is 70.8 cm³/mol. The second-order valence-corrected chi connectivity index (χ2v) is 7.22. The number of hydrogen-bond acceptors (Lipinski definition) is 5. The lowest BCUT2D eigenvalue weighted by molar-refractivity contribution is 0.0702. The van der Waals surface area contributed by atoms with Crippen LogP contribution in [0.25, 0.3) is 0 Å². The molecule has 0 aliphatic carbocycles. The number of nitrogens with one attached hydrogen (secondary N) is 1. The van der Waals surface area contributed by atoms with Crippen LogP contribution in [-0.4, -0.2) is 38.5 Å². The lowest BCUT2D eigenvalue weighted by atomic mass is 10.2. The van der Waals surface area contributed by atoms with Gasteiger partial charge in [-0.15, -0.1) is 11.3 Å². The summed E-state index contributed by atoms with van der Waals surface area (Å²) in [6, 6.07) is 1.48. The van der Waals surface area contributed by atoms with Gasteiger partial charge in [-0.1, -0.05) is 0 Å². The summed E-state index contributed by atoms with van der Waals surface area (Å²) >= 11 is 1.09. The number of carbonyl (C=O) groups is 1. The van der Waals surface area contributed by atoms with E-state index in [1.165, 1.54) is 6.07 Å². The smallest absolute Gasteiger partial charge is 0.345 e. The summed E-state index contributed by atoms with van der Waals surface area (Å²) < 4.78 is 31.3. The van der Waals surface area contributed by atoms with Crippen LogP contribution in [0.2, 0.25) is 0 Å². The van der Waals surface area contributed by atoms with Crippen LogP contribution in [-0.2, 0) is 21.3 Å². The van der Waals surface area contributed by atoms with Crippen molar-refractivity contribution in [3.63, 3.8) is 0 Å². The molecule has 1 fully saturated rings. The molecule has 1 unspecified atom stereocenters. The molecular formula is C11H15NO5S2. The van der Waals surface area contributed by atoms with Crippen LogP contribution in [0, 0.1) is 5.92 Å². The van der Waals surface area contributed by atoms with E-state index in [9.17, 15) is 13.2 Å². The lowest BCUT2D eigenvalue weighted by Crippen LogP contribution is -2.29. The first-order valence-electron chi connectivity index (χ1n) is 5.82. The molecule has 0 spiro atoms. The molecule has 2 N–H and O–H groups in total. The standard InChI is InChI=1S/C11H15NO5S2/c13-11(14)10-3-9(6-18-10)4-12-19(15,16)7-8-1-2-17-5-8/h3,6,8,12H,1-2,4-5,7H2,(H,13,14). The molecule has 0 saturated carbocycles. The maximum Gasteiger partial charge on any atom is 0.345 e. The number of rotatable bonds is 6. The Labute approximate surface area is 115 Å². The predicted octanol–water partition coefficient (Wildman–Crippen LogP) is 0.902. The van der Waals surface area contributed by atoms with Crippen molar-refractivity contribution < 1.29 is 23.1 Å². The van der Waals surface area contributed by atoms with Gasteiger partial charge in [0.15, 0.2) is 0 Å². The molecule has 1 aliphatic rings. The Morgan fingerprint density at radius 2 is 2.37 bits per heavy atom. The zero-order valence-corrected chi connectivity index (χ0v) is 11.8. The Kier molecular flexibility index (Phi) is 4.56. The first-order valence-corrected chi connectivity index (χ1v) is 8.35. The van der Waals surface area contributed by atoms with Gasteiger partial charge in [0.1, 0.15) is 4.88 Å². The molecule has 0 amide bonds. The summed E-state index contributed by atoms with van der Waals surface area (Å²) in [5, 5.41) is 10.4.